The van der Waals surface area contributed by atoms with E-state index in [0.717, 1.165) is 0 Å². The van der Waals surface area contributed by atoms with E-state index in [1.807, 2.05) is 25.3 Å². The van der Waals surface area contributed by atoms with Gasteiger partial charge in [0.1, 0.15) is 0 Å². The van der Waals surface area contributed by atoms with Gasteiger partial charge in [0.25, 0.3) is 0 Å². The number of hydrogen-bond donors (Lipinski definition) is 0. The van der Waals surface area contributed by atoms with Gasteiger partial charge in [-0.3, -0.25) is 9.59 Å². The molecule has 14 heavy (non-hydrogen) atoms. The van der Waals surface area contributed by atoms with E-state index in [0.29, 0.717) is 0 Å². The van der Waals surface area contributed by atoms with E-state index in [1.54, 1.807) is 11.8 Å². The van der Waals surface area contributed by atoms with Crippen LogP contribution in [0.5, 0.6) is 0 Å². The van der Waals surface area contributed by atoms with Crippen molar-refractivity contribution in [3.8, 4) is 0 Å². The standard InChI is InChI=1S/C10H10O3S/c1-9-5-3-4-14-6(5)10(9,2)8(12)13-7(9)11/h3-6H,1-2H3/t5-,6-,9+,10+/m1/s1. The number of cyclic esters (lactones) is 2. The summed E-state index contributed by atoms with van der Waals surface area (Å²) in [7, 11) is 0. The zero-order valence-electron chi connectivity index (χ0n) is 7.94. The van der Waals surface area contributed by atoms with Crippen LogP contribution in [0, 0.1) is 16.7 Å². The van der Waals surface area contributed by atoms with E-state index >= 15 is 0 Å². The van der Waals surface area contributed by atoms with Crippen molar-refractivity contribution in [2.24, 2.45) is 16.7 Å². The average molecular weight is 210 g/mol. The summed E-state index contributed by atoms with van der Waals surface area (Å²) < 4.78 is 4.77. The van der Waals surface area contributed by atoms with Crippen LogP contribution in [0.2, 0.25) is 0 Å². The molecule has 3 aliphatic rings. The summed E-state index contributed by atoms with van der Waals surface area (Å²) in [6.45, 7) is 3.69. The maximum Gasteiger partial charge on any atom is 0.321 e. The van der Waals surface area contributed by atoms with Gasteiger partial charge in [-0.05, 0) is 19.3 Å². The second kappa shape index (κ2) is 2.08. The first-order valence-electron chi connectivity index (χ1n) is 4.62. The number of carbonyl (C=O) groups excluding carboxylic acids is 2. The molecule has 0 radical (unpaired) electrons. The average Bonchev–Trinajstić information content (AvgIpc) is 2.65. The van der Waals surface area contributed by atoms with Gasteiger partial charge in [-0.15, -0.1) is 11.8 Å². The lowest BCUT2D eigenvalue weighted by molar-refractivity contribution is -0.155. The number of rotatable bonds is 0. The lowest BCUT2D eigenvalue weighted by Gasteiger charge is -2.55. The number of fused-ring (bicyclic) bond motifs is 4. The van der Waals surface area contributed by atoms with Crippen LogP contribution in [-0.4, -0.2) is 17.2 Å². The third kappa shape index (κ3) is 0.550. The number of thioether (sulfide) groups is 1. The summed E-state index contributed by atoms with van der Waals surface area (Å²) in [6.07, 6.45) is 2.02. The fraction of sp³-hybridized carbons (Fsp3) is 0.600. The van der Waals surface area contributed by atoms with Gasteiger partial charge in [-0.25, -0.2) is 0 Å². The van der Waals surface area contributed by atoms with Gasteiger partial charge in [-0.1, -0.05) is 6.08 Å². The summed E-state index contributed by atoms with van der Waals surface area (Å²) in [5, 5.41) is 2.19. The molecule has 0 bridgehead atoms. The molecule has 3 nitrogen and oxygen atoms in total. The number of ether oxygens (including phenoxy) is 1. The molecular weight excluding hydrogens is 200 g/mol. The van der Waals surface area contributed by atoms with Crippen LogP contribution in [0.4, 0.5) is 0 Å². The summed E-state index contributed by atoms with van der Waals surface area (Å²) in [5.41, 5.74) is -1.22. The number of carbonyl (C=O) groups is 2. The first-order chi connectivity index (χ1) is 6.53. The van der Waals surface area contributed by atoms with Crippen LogP contribution < -0.4 is 0 Å². The molecule has 0 aromatic rings. The summed E-state index contributed by atoms with van der Waals surface area (Å²) in [5.74, 6) is -0.516. The number of hydrogen-bond acceptors (Lipinski definition) is 4. The highest BCUT2D eigenvalue weighted by atomic mass is 32.2. The first kappa shape index (κ1) is 8.53. The topological polar surface area (TPSA) is 43.4 Å². The van der Waals surface area contributed by atoms with Crippen molar-refractivity contribution in [1.29, 1.82) is 0 Å². The second-order valence-electron chi connectivity index (χ2n) is 4.49. The molecule has 2 aliphatic heterocycles. The molecule has 4 atom stereocenters. The summed E-state index contributed by atoms with van der Waals surface area (Å²) in [4.78, 5) is 23.3. The summed E-state index contributed by atoms with van der Waals surface area (Å²) >= 11 is 1.64. The monoisotopic (exact) mass is 210 g/mol. The Balaban J connectivity index is 2.16. The molecule has 0 aromatic carbocycles. The van der Waals surface area contributed by atoms with Crippen molar-refractivity contribution in [2.45, 2.75) is 19.1 Å². The maximum absolute atomic E-state index is 11.6. The Labute approximate surface area is 85.9 Å². The van der Waals surface area contributed by atoms with E-state index in [-0.39, 0.29) is 23.1 Å². The Hall–Kier alpha value is -0.770. The molecule has 3 rings (SSSR count). The minimum atomic E-state index is -0.616. The van der Waals surface area contributed by atoms with E-state index in [9.17, 15) is 9.59 Å². The predicted molar refractivity (Wildman–Crippen MR) is 51.3 cm³/mol. The molecule has 1 aliphatic carbocycles. The first-order valence-corrected chi connectivity index (χ1v) is 5.56. The minimum absolute atomic E-state index is 0.177. The molecule has 1 saturated heterocycles. The second-order valence-corrected chi connectivity index (χ2v) is 5.54. The Bertz CT molecular complexity index is 389. The number of allylic oxidation sites excluding steroid dienone is 1. The van der Waals surface area contributed by atoms with Gasteiger partial charge in [-0.2, -0.15) is 0 Å². The predicted octanol–water partition coefficient (Wildman–Crippen LogP) is 1.34. The molecule has 4 heteroatoms. The SMILES string of the molecule is C[C@]12C(=O)OC(=O)[C@]1(C)[C@@H]1SC=C[C@H]12. The van der Waals surface area contributed by atoms with E-state index in [4.69, 9.17) is 4.74 Å². The Morgan fingerprint density at radius 2 is 1.93 bits per heavy atom. The van der Waals surface area contributed by atoms with Crippen LogP contribution in [-0.2, 0) is 14.3 Å². The van der Waals surface area contributed by atoms with Crippen molar-refractivity contribution < 1.29 is 14.3 Å². The van der Waals surface area contributed by atoms with Gasteiger partial charge >= 0.3 is 11.9 Å². The molecule has 2 heterocycles. The van der Waals surface area contributed by atoms with Crippen molar-refractivity contribution in [2.75, 3.05) is 0 Å². The van der Waals surface area contributed by atoms with Gasteiger partial charge in [0.15, 0.2) is 0 Å². The zero-order valence-corrected chi connectivity index (χ0v) is 8.76. The van der Waals surface area contributed by atoms with Crippen molar-refractivity contribution in [3.63, 3.8) is 0 Å². The van der Waals surface area contributed by atoms with Crippen LogP contribution in [0.15, 0.2) is 11.5 Å². The van der Waals surface area contributed by atoms with Crippen molar-refractivity contribution in [3.05, 3.63) is 11.5 Å². The zero-order chi connectivity index (χ0) is 10.1. The van der Waals surface area contributed by atoms with Gasteiger partial charge in [0.2, 0.25) is 0 Å². The van der Waals surface area contributed by atoms with Crippen molar-refractivity contribution in [1.82, 2.24) is 0 Å². The van der Waals surface area contributed by atoms with Gasteiger partial charge in [0.05, 0.1) is 10.8 Å². The molecule has 0 aromatic heterocycles. The fourth-order valence-corrected chi connectivity index (χ4v) is 4.48. The van der Waals surface area contributed by atoms with Crippen LogP contribution in [0.1, 0.15) is 13.8 Å². The molecule has 0 unspecified atom stereocenters. The minimum Gasteiger partial charge on any atom is -0.392 e. The van der Waals surface area contributed by atoms with Gasteiger partial charge in [0, 0.05) is 11.2 Å². The smallest absolute Gasteiger partial charge is 0.321 e. The van der Waals surface area contributed by atoms with Crippen LogP contribution >= 0.6 is 11.8 Å². The van der Waals surface area contributed by atoms with E-state index in [1.165, 1.54) is 0 Å². The van der Waals surface area contributed by atoms with Crippen molar-refractivity contribution >= 4 is 23.7 Å². The molecule has 74 valence electrons. The quantitative estimate of drug-likeness (QED) is 0.447. The molecule has 0 amide bonds. The third-order valence-electron chi connectivity index (χ3n) is 4.19. The van der Waals surface area contributed by atoms with Gasteiger partial charge < -0.3 is 4.74 Å². The third-order valence-corrected chi connectivity index (χ3v) is 5.56. The Morgan fingerprint density at radius 1 is 1.29 bits per heavy atom. The lowest BCUT2D eigenvalue weighted by Crippen LogP contribution is -2.64. The largest absolute Gasteiger partial charge is 0.392 e. The molecule has 0 spiro atoms. The maximum atomic E-state index is 11.6. The molecule has 0 N–H and O–H groups in total. The molecule has 1 saturated carbocycles. The Morgan fingerprint density at radius 3 is 2.64 bits per heavy atom. The molecule has 2 fully saturated rings. The fourth-order valence-electron chi connectivity index (χ4n) is 2.91. The van der Waals surface area contributed by atoms with Crippen LogP contribution in [0.3, 0.4) is 0 Å². The summed E-state index contributed by atoms with van der Waals surface area (Å²) in [6, 6.07) is 0. The lowest BCUT2D eigenvalue weighted by atomic mass is 9.46. The van der Waals surface area contributed by atoms with E-state index < -0.39 is 10.8 Å². The Kier molecular flexibility index (Phi) is 1.27. The highest BCUT2D eigenvalue weighted by molar-refractivity contribution is 8.03. The highest BCUT2D eigenvalue weighted by Crippen LogP contribution is 2.71. The normalized spacial score (nSPS) is 53.9. The molecular formula is C10H10O3S. The number of esters is 2. The van der Waals surface area contributed by atoms with E-state index in [2.05, 4.69) is 0 Å². The highest BCUT2D eigenvalue weighted by Gasteiger charge is 2.79. The van der Waals surface area contributed by atoms with Crippen LogP contribution in [0.25, 0.3) is 0 Å².